The molecule has 96 valence electrons. The van der Waals surface area contributed by atoms with E-state index in [2.05, 4.69) is 23.0 Å². The van der Waals surface area contributed by atoms with Gasteiger partial charge in [0.05, 0.1) is 23.2 Å². The minimum Gasteiger partial charge on any atom is -0.493 e. The monoisotopic (exact) mass is 252 g/mol. The van der Waals surface area contributed by atoms with E-state index in [1.54, 1.807) is 0 Å². The number of aryl methyl sites for hydroxylation is 1. The Bertz CT molecular complexity index is 716. The van der Waals surface area contributed by atoms with Gasteiger partial charge >= 0.3 is 0 Å². The number of H-pyrrole nitrogens is 1. The Morgan fingerprint density at radius 3 is 2.74 bits per heavy atom. The number of para-hydroxylation sites is 2. The molecule has 0 fully saturated rings. The number of imidazole rings is 1. The van der Waals surface area contributed by atoms with E-state index in [1.807, 2.05) is 43.3 Å². The summed E-state index contributed by atoms with van der Waals surface area (Å²) in [6, 6.07) is 14.1. The van der Waals surface area contributed by atoms with Gasteiger partial charge in [0.1, 0.15) is 11.6 Å². The topological polar surface area (TPSA) is 37.9 Å². The lowest BCUT2D eigenvalue weighted by molar-refractivity contribution is 0.341. The van der Waals surface area contributed by atoms with Crippen LogP contribution in [0.4, 0.5) is 0 Å². The van der Waals surface area contributed by atoms with Gasteiger partial charge in [-0.2, -0.15) is 0 Å². The lowest BCUT2D eigenvalue weighted by Crippen LogP contribution is -1.94. The Morgan fingerprint density at radius 2 is 1.95 bits per heavy atom. The predicted octanol–water partition coefficient (Wildman–Crippen LogP) is 3.94. The molecule has 0 saturated carbocycles. The van der Waals surface area contributed by atoms with Crippen LogP contribution in [0.15, 0.2) is 42.5 Å². The highest BCUT2D eigenvalue weighted by atomic mass is 16.5. The highest BCUT2D eigenvalue weighted by molar-refractivity contribution is 5.83. The Morgan fingerprint density at radius 1 is 1.11 bits per heavy atom. The number of rotatable bonds is 3. The van der Waals surface area contributed by atoms with Crippen LogP contribution in [0.1, 0.15) is 12.5 Å². The normalized spacial score (nSPS) is 10.8. The first-order valence-electron chi connectivity index (χ1n) is 6.47. The van der Waals surface area contributed by atoms with E-state index in [1.165, 1.54) is 5.56 Å². The van der Waals surface area contributed by atoms with Crippen LogP contribution in [0.25, 0.3) is 22.4 Å². The van der Waals surface area contributed by atoms with Crippen LogP contribution in [-0.2, 0) is 0 Å². The number of nitrogens with one attached hydrogen (secondary N) is 1. The van der Waals surface area contributed by atoms with Gasteiger partial charge in [-0.1, -0.05) is 24.3 Å². The minimum atomic E-state index is 0.649. The van der Waals surface area contributed by atoms with E-state index in [-0.39, 0.29) is 0 Å². The zero-order valence-corrected chi connectivity index (χ0v) is 11.1. The van der Waals surface area contributed by atoms with Crippen molar-refractivity contribution in [3.63, 3.8) is 0 Å². The first-order chi connectivity index (χ1) is 9.29. The fourth-order valence-corrected chi connectivity index (χ4v) is 2.25. The summed E-state index contributed by atoms with van der Waals surface area (Å²) in [5.41, 5.74) is 4.25. The van der Waals surface area contributed by atoms with Gasteiger partial charge < -0.3 is 9.72 Å². The summed E-state index contributed by atoms with van der Waals surface area (Å²) < 4.78 is 5.66. The van der Waals surface area contributed by atoms with Gasteiger partial charge in [-0.05, 0) is 37.6 Å². The quantitative estimate of drug-likeness (QED) is 0.766. The van der Waals surface area contributed by atoms with E-state index in [0.29, 0.717) is 6.61 Å². The SMILES string of the molecule is CCOc1ccccc1-c1nc2c(C)cccc2[nH]1. The maximum absolute atomic E-state index is 5.66. The van der Waals surface area contributed by atoms with Gasteiger partial charge in [-0.25, -0.2) is 4.98 Å². The van der Waals surface area contributed by atoms with Crippen molar-refractivity contribution in [2.24, 2.45) is 0 Å². The molecule has 1 aromatic heterocycles. The number of hydrogen-bond donors (Lipinski definition) is 1. The summed E-state index contributed by atoms with van der Waals surface area (Å²) in [5.74, 6) is 1.72. The lowest BCUT2D eigenvalue weighted by Gasteiger charge is -2.07. The molecule has 3 nitrogen and oxygen atoms in total. The van der Waals surface area contributed by atoms with Gasteiger partial charge in [0.15, 0.2) is 0 Å². The van der Waals surface area contributed by atoms with Gasteiger partial charge in [-0.15, -0.1) is 0 Å². The molecule has 1 heterocycles. The van der Waals surface area contributed by atoms with Gasteiger partial charge in [0.2, 0.25) is 0 Å². The van der Waals surface area contributed by atoms with E-state index in [4.69, 9.17) is 4.74 Å². The molecule has 0 bridgehead atoms. The molecule has 0 atom stereocenters. The molecule has 0 amide bonds. The standard InChI is InChI=1S/C16H16N2O/c1-3-19-14-10-5-4-8-12(14)16-17-13-9-6-7-11(2)15(13)18-16/h4-10H,3H2,1-2H3,(H,17,18). The number of benzene rings is 2. The summed E-state index contributed by atoms with van der Waals surface area (Å²) >= 11 is 0. The van der Waals surface area contributed by atoms with Gasteiger partial charge in [0, 0.05) is 0 Å². The molecule has 0 aliphatic heterocycles. The fraction of sp³-hybridized carbons (Fsp3) is 0.188. The van der Waals surface area contributed by atoms with Crippen molar-refractivity contribution in [3.05, 3.63) is 48.0 Å². The summed E-state index contributed by atoms with van der Waals surface area (Å²) in [4.78, 5) is 8.05. The molecular formula is C16H16N2O. The van der Waals surface area contributed by atoms with Gasteiger partial charge in [-0.3, -0.25) is 0 Å². The van der Waals surface area contributed by atoms with E-state index < -0.39 is 0 Å². The van der Waals surface area contributed by atoms with Crippen LogP contribution < -0.4 is 4.74 Å². The summed E-state index contributed by atoms with van der Waals surface area (Å²) in [5, 5.41) is 0. The average Bonchev–Trinajstić information content (AvgIpc) is 2.85. The van der Waals surface area contributed by atoms with Crippen molar-refractivity contribution < 1.29 is 4.74 Å². The highest BCUT2D eigenvalue weighted by Gasteiger charge is 2.11. The van der Waals surface area contributed by atoms with E-state index in [0.717, 1.165) is 28.2 Å². The van der Waals surface area contributed by atoms with Crippen LogP contribution >= 0.6 is 0 Å². The van der Waals surface area contributed by atoms with Crippen LogP contribution in [0, 0.1) is 6.92 Å². The van der Waals surface area contributed by atoms with Crippen LogP contribution in [0.2, 0.25) is 0 Å². The molecule has 3 aromatic rings. The number of fused-ring (bicyclic) bond motifs is 1. The zero-order valence-electron chi connectivity index (χ0n) is 11.1. The third-order valence-electron chi connectivity index (χ3n) is 3.16. The Hall–Kier alpha value is -2.29. The fourth-order valence-electron chi connectivity index (χ4n) is 2.25. The summed E-state index contributed by atoms with van der Waals surface area (Å²) in [6.07, 6.45) is 0. The van der Waals surface area contributed by atoms with Crippen molar-refractivity contribution in [3.8, 4) is 17.1 Å². The molecule has 1 N–H and O–H groups in total. The second-order valence-corrected chi connectivity index (χ2v) is 4.49. The summed E-state index contributed by atoms with van der Waals surface area (Å²) in [6.45, 7) is 4.71. The maximum Gasteiger partial charge on any atom is 0.142 e. The third-order valence-corrected chi connectivity index (χ3v) is 3.16. The first-order valence-corrected chi connectivity index (χ1v) is 6.47. The average molecular weight is 252 g/mol. The smallest absolute Gasteiger partial charge is 0.142 e. The molecular weight excluding hydrogens is 236 g/mol. The van der Waals surface area contributed by atoms with Crippen molar-refractivity contribution in [2.45, 2.75) is 13.8 Å². The molecule has 0 unspecified atom stereocenters. The van der Waals surface area contributed by atoms with Crippen molar-refractivity contribution in [2.75, 3.05) is 6.61 Å². The van der Waals surface area contributed by atoms with Crippen molar-refractivity contribution >= 4 is 11.0 Å². The zero-order chi connectivity index (χ0) is 13.2. The second kappa shape index (κ2) is 4.76. The van der Waals surface area contributed by atoms with Crippen molar-refractivity contribution in [1.82, 2.24) is 9.97 Å². The van der Waals surface area contributed by atoms with Crippen LogP contribution in [-0.4, -0.2) is 16.6 Å². The molecule has 19 heavy (non-hydrogen) atoms. The molecule has 3 rings (SSSR count). The Balaban J connectivity index is 2.17. The molecule has 0 aliphatic carbocycles. The van der Waals surface area contributed by atoms with Crippen LogP contribution in [0.3, 0.4) is 0 Å². The van der Waals surface area contributed by atoms with Gasteiger partial charge in [0.25, 0.3) is 0 Å². The lowest BCUT2D eigenvalue weighted by atomic mass is 10.2. The first kappa shape index (κ1) is 11.8. The molecule has 0 saturated heterocycles. The van der Waals surface area contributed by atoms with E-state index in [9.17, 15) is 0 Å². The molecule has 2 aromatic carbocycles. The molecule has 0 radical (unpaired) electrons. The molecule has 0 spiro atoms. The maximum atomic E-state index is 5.66. The molecule has 0 aliphatic rings. The summed E-state index contributed by atoms with van der Waals surface area (Å²) in [7, 11) is 0. The third kappa shape index (κ3) is 2.08. The molecule has 3 heteroatoms. The number of hydrogen-bond acceptors (Lipinski definition) is 2. The van der Waals surface area contributed by atoms with Crippen LogP contribution in [0.5, 0.6) is 5.75 Å². The largest absolute Gasteiger partial charge is 0.493 e. The van der Waals surface area contributed by atoms with Crippen molar-refractivity contribution in [1.29, 1.82) is 0 Å². The second-order valence-electron chi connectivity index (χ2n) is 4.49. The highest BCUT2D eigenvalue weighted by Crippen LogP contribution is 2.29. The number of aromatic nitrogens is 2. The number of nitrogens with zero attached hydrogens (tertiary/aromatic N) is 1. The predicted molar refractivity (Wildman–Crippen MR) is 77.4 cm³/mol. The number of ether oxygens (including phenoxy) is 1. The number of aromatic amines is 1. The minimum absolute atomic E-state index is 0.649. The Labute approximate surface area is 112 Å². The Kier molecular flexibility index (Phi) is 2.95. The van der Waals surface area contributed by atoms with E-state index >= 15 is 0 Å².